The number of nitrogens with one attached hydrogen (secondary N) is 1. The maximum absolute atomic E-state index is 12.8. The molecule has 1 saturated heterocycles. The van der Waals surface area contributed by atoms with Gasteiger partial charge in [0.05, 0.1) is 30.9 Å². The number of nitrogens with zero attached hydrogens (tertiary/aromatic N) is 2. The van der Waals surface area contributed by atoms with Crippen molar-refractivity contribution >= 4 is 21.4 Å². The number of anilines is 1. The fraction of sp³-hybridized carbons (Fsp3) is 0.321. The number of aliphatic imine (C=N–C) groups is 1. The van der Waals surface area contributed by atoms with Crippen molar-refractivity contribution in [1.29, 1.82) is 0 Å². The molecule has 36 heavy (non-hydrogen) atoms. The highest BCUT2D eigenvalue weighted by molar-refractivity contribution is 7.92. The molecule has 0 aromatic heterocycles. The number of hydrogen-bond donors (Lipinski definition) is 1. The van der Waals surface area contributed by atoms with Gasteiger partial charge in [-0.2, -0.15) is 0 Å². The number of sulfonamides is 1. The van der Waals surface area contributed by atoms with Gasteiger partial charge >= 0.3 is 0 Å². The van der Waals surface area contributed by atoms with Gasteiger partial charge in [-0.15, -0.1) is 0 Å². The van der Waals surface area contributed by atoms with Crippen LogP contribution in [0.15, 0.2) is 70.6 Å². The molecule has 0 amide bonds. The van der Waals surface area contributed by atoms with Crippen molar-refractivity contribution in [2.24, 2.45) is 4.99 Å². The van der Waals surface area contributed by atoms with E-state index in [0.29, 0.717) is 17.2 Å². The van der Waals surface area contributed by atoms with Crippen molar-refractivity contribution in [1.82, 2.24) is 4.90 Å². The summed E-state index contributed by atoms with van der Waals surface area (Å²) in [4.78, 5) is 7.77. The zero-order valence-electron chi connectivity index (χ0n) is 21.0. The largest absolute Gasteiger partial charge is 0.493 e. The van der Waals surface area contributed by atoms with Gasteiger partial charge in [0.1, 0.15) is 0 Å². The Morgan fingerprint density at radius 3 is 2.31 bits per heavy atom. The van der Waals surface area contributed by atoms with Crippen LogP contribution in [0.4, 0.5) is 5.69 Å². The molecule has 7 nitrogen and oxygen atoms in total. The summed E-state index contributed by atoms with van der Waals surface area (Å²) < 4.78 is 39.5. The van der Waals surface area contributed by atoms with Crippen LogP contribution in [-0.2, 0) is 10.0 Å². The molecule has 0 unspecified atom stereocenters. The van der Waals surface area contributed by atoms with Crippen molar-refractivity contribution < 1.29 is 17.9 Å². The number of benzene rings is 3. The van der Waals surface area contributed by atoms with Crippen LogP contribution in [0.3, 0.4) is 0 Å². The fourth-order valence-electron chi connectivity index (χ4n) is 5.06. The lowest BCUT2D eigenvalue weighted by Crippen LogP contribution is -2.41. The number of hydrogen-bond acceptors (Lipinski definition) is 6. The Labute approximate surface area is 212 Å². The van der Waals surface area contributed by atoms with E-state index in [2.05, 4.69) is 22.7 Å². The Balaban J connectivity index is 1.49. The van der Waals surface area contributed by atoms with E-state index < -0.39 is 10.0 Å². The second-order valence-corrected chi connectivity index (χ2v) is 11.2. The summed E-state index contributed by atoms with van der Waals surface area (Å²) in [6, 6.07) is 18.5. The van der Waals surface area contributed by atoms with Gasteiger partial charge in [0, 0.05) is 29.3 Å². The van der Waals surface area contributed by atoms with Crippen molar-refractivity contribution in [3.8, 4) is 11.5 Å². The Hall–Kier alpha value is -3.36. The lowest BCUT2D eigenvalue weighted by molar-refractivity contribution is 0.227. The number of ether oxygens (including phenoxy) is 2. The van der Waals surface area contributed by atoms with E-state index in [1.54, 1.807) is 50.6 Å². The Morgan fingerprint density at radius 2 is 1.64 bits per heavy atom. The monoisotopic (exact) mass is 505 g/mol. The van der Waals surface area contributed by atoms with E-state index in [1.807, 2.05) is 25.1 Å². The maximum Gasteiger partial charge on any atom is 0.261 e. The first-order chi connectivity index (χ1) is 17.3. The molecule has 3 aromatic carbocycles. The van der Waals surface area contributed by atoms with Crippen molar-refractivity contribution in [3.05, 3.63) is 82.9 Å². The Kier molecular flexibility index (Phi) is 6.49. The lowest BCUT2D eigenvalue weighted by atomic mass is 9.79. The Morgan fingerprint density at radius 1 is 0.972 bits per heavy atom. The van der Waals surface area contributed by atoms with E-state index in [0.717, 1.165) is 41.9 Å². The van der Waals surface area contributed by atoms with Crippen LogP contribution in [0, 0.1) is 6.92 Å². The van der Waals surface area contributed by atoms with Crippen LogP contribution in [-0.4, -0.2) is 59.4 Å². The molecule has 2 heterocycles. The van der Waals surface area contributed by atoms with Gasteiger partial charge in [0.15, 0.2) is 11.5 Å². The standard InChI is InChI=1S/C28H31N3O4S/c1-18-5-11-21(12-6-18)36(32,33)30-20-9-7-19(8-10-20)28-23-16-27(35-4)26(34-3)15-22(23)24-17-31(2)14-13-25(24)29-28/h5-12,15-16,24-25,30H,13-14,17H2,1-4H3/t24-,25+/m0/s1. The summed E-state index contributed by atoms with van der Waals surface area (Å²) in [5.41, 5.74) is 5.56. The third-order valence-electron chi connectivity index (χ3n) is 7.03. The summed E-state index contributed by atoms with van der Waals surface area (Å²) in [7, 11) is 1.77. The second-order valence-electron chi connectivity index (χ2n) is 9.49. The minimum Gasteiger partial charge on any atom is -0.493 e. The van der Waals surface area contributed by atoms with Crippen molar-refractivity contribution in [3.63, 3.8) is 0 Å². The van der Waals surface area contributed by atoms with Gasteiger partial charge in [-0.1, -0.05) is 29.8 Å². The predicted octanol–water partition coefficient (Wildman–Crippen LogP) is 4.45. The molecule has 2 aliphatic rings. The summed E-state index contributed by atoms with van der Waals surface area (Å²) >= 11 is 0. The van der Waals surface area contributed by atoms with E-state index in [4.69, 9.17) is 14.5 Å². The average molecular weight is 506 g/mol. The first kappa shape index (κ1) is 24.3. The fourth-order valence-corrected chi connectivity index (χ4v) is 6.12. The highest BCUT2D eigenvalue weighted by atomic mass is 32.2. The number of aryl methyl sites for hydroxylation is 1. The van der Waals surface area contributed by atoms with Crippen molar-refractivity contribution in [2.75, 3.05) is 39.1 Å². The van der Waals surface area contributed by atoms with E-state index in [-0.39, 0.29) is 16.9 Å². The SMILES string of the molecule is COc1cc2c(cc1OC)[C@@H]1CN(C)CC[C@H]1N=C2c1ccc(NS(=O)(=O)c2ccc(C)cc2)cc1. The van der Waals surface area contributed by atoms with E-state index in [9.17, 15) is 8.42 Å². The number of rotatable bonds is 6. The molecule has 3 aromatic rings. The topological polar surface area (TPSA) is 80.2 Å². The molecule has 0 radical (unpaired) electrons. The first-order valence-corrected chi connectivity index (χ1v) is 13.5. The summed E-state index contributed by atoms with van der Waals surface area (Å²) in [5.74, 6) is 1.65. The molecule has 8 heteroatoms. The normalized spacial score (nSPS) is 19.6. The van der Waals surface area contributed by atoms with Crippen LogP contribution < -0.4 is 14.2 Å². The summed E-state index contributed by atoms with van der Waals surface area (Å²) in [6.07, 6.45) is 0.979. The van der Waals surface area contributed by atoms with Crippen LogP contribution in [0.25, 0.3) is 0 Å². The zero-order chi connectivity index (χ0) is 25.4. The number of methoxy groups -OCH3 is 2. The van der Waals surface area contributed by atoms with Gasteiger partial charge in [-0.3, -0.25) is 9.71 Å². The Bertz CT molecular complexity index is 1400. The van der Waals surface area contributed by atoms with Crippen molar-refractivity contribution in [2.45, 2.75) is 30.2 Å². The second kappa shape index (κ2) is 9.59. The van der Waals surface area contributed by atoms with Crippen LogP contribution in [0.2, 0.25) is 0 Å². The maximum atomic E-state index is 12.8. The lowest BCUT2D eigenvalue weighted by Gasteiger charge is -2.39. The average Bonchev–Trinajstić information content (AvgIpc) is 2.88. The van der Waals surface area contributed by atoms with Gasteiger partial charge in [0.25, 0.3) is 10.0 Å². The van der Waals surface area contributed by atoms with Gasteiger partial charge in [-0.25, -0.2) is 8.42 Å². The molecule has 0 saturated carbocycles. The van der Waals surface area contributed by atoms with Gasteiger partial charge < -0.3 is 14.4 Å². The molecule has 1 fully saturated rings. The third-order valence-corrected chi connectivity index (χ3v) is 8.42. The molecule has 1 N–H and O–H groups in total. The van der Waals surface area contributed by atoms with E-state index in [1.165, 1.54) is 5.56 Å². The number of likely N-dealkylation sites (N-methyl/N-ethyl adjacent to an activating group) is 1. The number of likely N-dealkylation sites (tertiary alicyclic amines) is 1. The molecule has 2 aliphatic heterocycles. The molecular formula is C28H31N3O4S. The molecule has 5 rings (SSSR count). The quantitative estimate of drug-likeness (QED) is 0.535. The minimum absolute atomic E-state index is 0.182. The molecule has 2 atom stereocenters. The number of piperidine rings is 1. The molecule has 0 aliphatic carbocycles. The van der Waals surface area contributed by atoms with Crippen LogP contribution in [0.5, 0.6) is 11.5 Å². The third kappa shape index (κ3) is 4.58. The smallest absolute Gasteiger partial charge is 0.261 e. The highest BCUT2D eigenvalue weighted by Gasteiger charge is 2.36. The van der Waals surface area contributed by atoms with Gasteiger partial charge in [0.2, 0.25) is 0 Å². The zero-order valence-corrected chi connectivity index (χ0v) is 21.8. The first-order valence-electron chi connectivity index (χ1n) is 12.0. The van der Waals surface area contributed by atoms with Gasteiger partial charge in [-0.05, 0) is 68.9 Å². The van der Waals surface area contributed by atoms with Crippen LogP contribution >= 0.6 is 0 Å². The minimum atomic E-state index is -3.67. The summed E-state index contributed by atoms with van der Waals surface area (Å²) in [6.45, 7) is 3.86. The predicted molar refractivity (Wildman–Crippen MR) is 142 cm³/mol. The highest BCUT2D eigenvalue weighted by Crippen LogP contribution is 2.42. The molecule has 0 spiro atoms. The molecule has 188 valence electrons. The summed E-state index contributed by atoms with van der Waals surface area (Å²) in [5, 5.41) is 0. The van der Waals surface area contributed by atoms with E-state index >= 15 is 0 Å². The molecule has 0 bridgehead atoms. The van der Waals surface area contributed by atoms with Crippen LogP contribution in [0.1, 0.15) is 34.6 Å². The molecular weight excluding hydrogens is 474 g/mol. The number of fused-ring (bicyclic) bond motifs is 3.